The summed E-state index contributed by atoms with van der Waals surface area (Å²) in [6.07, 6.45) is 7.04. The van der Waals surface area contributed by atoms with Gasteiger partial charge in [0.25, 0.3) is 0 Å². The molecule has 2 aromatic rings. The number of nitrogens with one attached hydrogen (secondary N) is 2. The smallest absolute Gasteiger partial charge is 0.244 e. The molecule has 0 saturated heterocycles. The van der Waals surface area contributed by atoms with Crippen LogP contribution in [0.2, 0.25) is 0 Å². The van der Waals surface area contributed by atoms with Crippen LogP contribution in [0.4, 0.5) is 0 Å². The second-order valence-corrected chi connectivity index (χ2v) is 6.37. The van der Waals surface area contributed by atoms with Gasteiger partial charge in [-0.2, -0.15) is 5.10 Å². The fourth-order valence-corrected chi connectivity index (χ4v) is 3.49. The lowest BCUT2D eigenvalue weighted by Crippen LogP contribution is -2.25. The molecule has 0 saturated carbocycles. The predicted molar refractivity (Wildman–Crippen MR) is 74.7 cm³/mol. The summed E-state index contributed by atoms with van der Waals surface area (Å²) in [5.41, 5.74) is 1.06. The largest absolute Gasteiger partial charge is 0.337 e. The highest BCUT2D eigenvalue weighted by molar-refractivity contribution is 7.89. The highest BCUT2D eigenvalue weighted by Crippen LogP contribution is 2.16. The van der Waals surface area contributed by atoms with Gasteiger partial charge in [0.1, 0.15) is 4.90 Å². The Morgan fingerprint density at radius 1 is 1.35 bits per heavy atom. The van der Waals surface area contributed by atoms with Crippen LogP contribution in [0.5, 0.6) is 0 Å². The van der Waals surface area contributed by atoms with Crippen LogP contribution in [0.1, 0.15) is 24.2 Å². The van der Waals surface area contributed by atoms with Gasteiger partial charge in [0.05, 0.1) is 17.7 Å². The average molecular weight is 297 g/mol. The molecule has 0 radical (unpaired) electrons. The minimum Gasteiger partial charge on any atom is -0.337 e. The number of rotatable bonds is 7. The average Bonchev–Trinajstić information content (AvgIpc) is 2.99. The van der Waals surface area contributed by atoms with E-state index in [1.807, 2.05) is 10.8 Å². The van der Waals surface area contributed by atoms with E-state index >= 15 is 0 Å². The van der Waals surface area contributed by atoms with Crippen LogP contribution in [0.25, 0.3) is 0 Å². The SMILES string of the molecule is Cc1n[nH]c(C)c1S(=O)(=O)NCCCCn1ccnc1. The Balaban J connectivity index is 1.81. The fourth-order valence-electron chi connectivity index (χ4n) is 2.05. The number of hydrogen-bond acceptors (Lipinski definition) is 4. The van der Waals surface area contributed by atoms with E-state index in [1.165, 1.54) is 0 Å². The maximum atomic E-state index is 12.1. The van der Waals surface area contributed by atoms with Gasteiger partial charge in [-0.1, -0.05) is 0 Å². The van der Waals surface area contributed by atoms with Crippen LogP contribution in [0.3, 0.4) is 0 Å². The Bertz CT molecular complexity index is 626. The summed E-state index contributed by atoms with van der Waals surface area (Å²) in [5, 5.41) is 6.59. The van der Waals surface area contributed by atoms with Gasteiger partial charge in [-0.25, -0.2) is 18.1 Å². The Hall–Kier alpha value is -1.67. The van der Waals surface area contributed by atoms with Crippen molar-refractivity contribution >= 4 is 10.0 Å². The number of nitrogens with zero attached hydrogens (tertiary/aromatic N) is 3. The van der Waals surface area contributed by atoms with Crippen molar-refractivity contribution in [2.45, 2.75) is 38.1 Å². The Morgan fingerprint density at radius 2 is 2.15 bits per heavy atom. The quantitative estimate of drug-likeness (QED) is 0.745. The van der Waals surface area contributed by atoms with Crippen molar-refractivity contribution in [2.75, 3.05) is 6.54 Å². The Morgan fingerprint density at radius 3 is 2.75 bits per heavy atom. The summed E-state index contributed by atoms with van der Waals surface area (Å²) in [6, 6.07) is 0. The molecule has 0 aliphatic heterocycles. The zero-order valence-electron chi connectivity index (χ0n) is 11.6. The van der Waals surface area contributed by atoms with E-state index < -0.39 is 10.0 Å². The highest BCUT2D eigenvalue weighted by Gasteiger charge is 2.21. The van der Waals surface area contributed by atoms with Gasteiger partial charge in [0.15, 0.2) is 0 Å². The summed E-state index contributed by atoms with van der Waals surface area (Å²) in [6.45, 7) is 4.64. The summed E-state index contributed by atoms with van der Waals surface area (Å²) in [7, 11) is -3.48. The van der Waals surface area contributed by atoms with E-state index in [-0.39, 0.29) is 4.90 Å². The second-order valence-electron chi connectivity index (χ2n) is 4.67. The molecule has 0 bridgehead atoms. The normalized spacial score (nSPS) is 11.9. The van der Waals surface area contributed by atoms with Gasteiger partial charge in [-0.15, -0.1) is 0 Å². The number of hydrogen-bond donors (Lipinski definition) is 2. The number of aromatic amines is 1. The topological polar surface area (TPSA) is 92.7 Å². The van der Waals surface area contributed by atoms with Crippen LogP contribution in [-0.4, -0.2) is 34.7 Å². The van der Waals surface area contributed by atoms with E-state index in [0.717, 1.165) is 19.4 Å². The molecular formula is C12H19N5O2S. The summed E-state index contributed by atoms with van der Waals surface area (Å²) in [5.74, 6) is 0. The van der Waals surface area contributed by atoms with Gasteiger partial charge >= 0.3 is 0 Å². The minimum atomic E-state index is -3.48. The molecule has 0 spiro atoms. The van der Waals surface area contributed by atoms with E-state index in [2.05, 4.69) is 19.9 Å². The van der Waals surface area contributed by atoms with Crippen LogP contribution in [-0.2, 0) is 16.6 Å². The molecule has 20 heavy (non-hydrogen) atoms. The third-order valence-corrected chi connectivity index (χ3v) is 4.75. The molecule has 0 aliphatic rings. The monoisotopic (exact) mass is 297 g/mol. The molecule has 2 N–H and O–H groups in total. The van der Waals surface area contributed by atoms with E-state index in [1.54, 1.807) is 26.4 Å². The molecule has 0 aromatic carbocycles. The maximum Gasteiger partial charge on any atom is 0.244 e. The van der Waals surface area contributed by atoms with Crippen LogP contribution < -0.4 is 4.72 Å². The second kappa shape index (κ2) is 6.19. The number of sulfonamides is 1. The predicted octanol–water partition coefficient (Wildman–Crippen LogP) is 0.982. The molecule has 2 aromatic heterocycles. The molecule has 2 rings (SSSR count). The first-order valence-corrected chi connectivity index (χ1v) is 7.96. The van der Waals surface area contributed by atoms with Crippen molar-refractivity contribution < 1.29 is 8.42 Å². The van der Waals surface area contributed by atoms with Crippen LogP contribution in [0.15, 0.2) is 23.6 Å². The van der Waals surface area contributed by atoms with Crippen LogP contribution in [0, 0.1) is 13.8 Å². The first-order chi connectivity index (χ1) is 9.50. The fraction of sp³-hybridized carbons (Fsp3) is 0.500. The molecule has 0 fully saturated rings. The standard InChI is InChI=1S/C12H19N5O2S/c1-10-12(11(2)16-15-10)20(18,19)14-5-3-4-7-17-8-6-13-9-17/h6,8-9,14H,3-5,7H2,1-2H3,(H,15,16). The molecule has 0 atom stereocenters. The first-order valence-electron chi connectivity index (χ1n) is 6.47. The van der Waals surface area contributed by atoms with Crippen molar-refractivity contribution in [1.82, 2.24) is 24.5 Å². The molecular weight excluding hydrogens is 278 g/mol. The van der Waals surface area contributed by atoms with Crippen molar-refractivity contribution in [1.29, 1.82) is 0 Å². The third-order valence-electron chi connectivity index (χ3n) is 3.02. The van der Waals surface area contributed by atoms with Gasteiger partial charge in [-0.3, -0.25) is 5.10 Å². The molecule has 2 heterocycles. The molecule has 0 aliphatic carbocycles. The molecule has 0 unspecified atom stereocenters. The Kier molecular flexibility index (Phi) is 4.56. The lowest BCUT2D eigenvalue weighted by Gasteiger charge is -2.07. The third kappa shape index (κ3) is 3.45. The first kappa shape index (κ1) is 14.7. The lowest BCUT2D eigenvalue weighted by molar-refractivity contribution is 0.565. The highest BCUT2D eigenvalue weighted by atomic mass is 32.2. The van der Waals surface area contributed by atoms with E-state index in [4.69, 9.17) is 0 Å². The number of imidazole rings is 1. The van der Waals surface area contributed by atoms with Crippen molar-refractivity contribution in [3.8, 4) is 0 Å². The zero-order chi connectivity index (χ0) is 14.6. The molecule has 110 valence electrons. The summed E-state index contributed by atoms with van der Waals surface area (Å²) < 4.78 is 28.9. The summed E-state index contributed by atoms with van der Waals surface area (Å²) in [4.78, 5) is 4.21. The van der Waals surface area contributed by atoms with Crippen molar-refractivity contribution in [3.05, 3.63) is 30.1 Å². The van der Waals surface area contributed by atoms with Crippen molar-refractivity contribution in [3.63, 3.8) is 0 Å². The molecule has 7 nitrogen and oxygen atoms in total. The zero-order valence-corrected chi connectivity index (χ0v) is 12.4. The number of aryl methyl sites for hydroxylation is 3. The van der Waals surface area contributed by atoms with Gasteiger partial charge in [-0.05, 0) is 26.7 Å². The van der Waals surface area contributed by atoms with Gasteiger partial charge in [0, 0.05) is 25.5 Å². The number of H-pyrrole nitrogens is 1. The number of aromatic nitrogens is 4. The van der Waals surface area contributed by atoms with Gasteiger partial charge in [0.2, 0.25) is 10.0 Å². The maximum absolute atomic E-state index is 12.1. The number of unbranched alkanes of at least 4 members (excludes halogenated alkanes) is 1. The van der Waals surface area contributed by atoms with E-state index in [0.29, 0.717) is 17.9 Å². The van der Waals surface area contributed by atoms with E-state index in [9.17, 15) is 8.42 Å². The van der Waals surface area contributed by atoms with Crippen LogP contribution >= 0.6 is 0 Å². The summed E-state index contributed by atoms with van der Waals surface area (Å²) >= 11 is 0. The van der Waals surface area contributed by atoms with Crippen molar-refractivity contribution in [2.24, 2.45) is 0 Å². The molecule has 8 heteroatoms. The molecule has 0 amide bonds. The minimum absolute atomic E-state index is 0.257. The Labute approximate surface area is 118 Å². The van der Waals surface area contributed by atoms with Gasteiger partial charge < -0.3 is 4.57 Å². The lowest BCUT2D eigenvalue weighted by atomic mass is 10.3.